The molecule has 0 aliphatic carbocycles. The Labute approximate surface area is 135 Å². The number of allylic oxidation sites excluding steroid dienone is 1. The molecule has 1 aliphatic heterocycles. The van der Waals surface area contributed by atoms with Crippen molar-refractivity contribution in [2.75, 3.05) is 6.79 Å². The summed E-state index contributed by atoms with van der Waals surface area (Å²) in [6.45, 7) is 0.204. The van der Waals surface area contributed by atoms with Gasteiger partial charge in [-0.3, -0.25) is 0 Å². The van der Waals surface area contributed by atoms with Gasteiger partial charge in [-0.2, -0.15) is 10.5 Å². The number of nitrogens with zero attached hydrogens (tertiary/aromatic N) is 2. The van der Waals surface area contributed by atoms with Crippen molar-refractivity contribution in [3.05, 3.63) is 57.6 Å². The zero-order chi connectivity index (χ0) is 15.5. The molecule has 106 valence electrons. The van der Waals surface area contributed by atoms with Crippen molar-refractivity contribution in [3.8, 4) is 23.6 Å². The minimum absolute atomic E-state index is 0.204. The largest absolute Gasteiger partial charge is 0.454 e. The van der Waals surface area contributed by atoms with E-state index in [1.807, 2.05) is 12.1 Å². The molecule has 2 aromatic carbocycles. The second kappa shape index (κ2) is 5.93. The van der Waals surface area contributed by atoms with Crippen molar-refractivity contribution in [1.82, 2.24) is 0 Å². The molecule has 0 bridgehead atoms. The zero-order valence-corrected chi connectivity index (χ0v) is 12.9. The van der Waals surface area contributed by atoms with Gasteiger partial charge in [0.15, 0.2) is 11.5 Å². The molecule has 0 unspecified atom stereocenters. The van der Waals surface area contributed by atoms with Gasteiger partial charge in [-0.15, -0.1) is 0 Å². The lowest BCUT2D eigenvalue weighted by atomic mass is 10.0. The third kappa shape index (κ3) is 2.67. The summed E-state index contributed by atoms with van der Waals surface area (Å²) >= 11 is 3.47. The number of hydrogen-bond acceptors (Lipinski definition) is 4. The number of rotatable bonds is 2. The Kier molecular flexibility index (Phi) is 3.82. The molecule has 0 spiro atoms. The number of halogens is 1. The lowest BCUT2D eigenvalue weighted by Gasteiger charge is -2.04. The monoisotopic (exact) mass is 352 g/mol. The van der Waals surface area contributed by atoms with Crippen LogP contribution in [0.1, 0.15) is 16.7 Å². The van der Waals surface area contributed by atoms with Gasteiger partial charge >= 0.3 is 0 Å². The molecule has 0 fully saturated rings. The van der Waals surface area contributed by atoms with E-state index < -0.39 is 0 Å². The molecule has 5 heteroatoms. The topological polar surface area (TPSA) is 66.0 Å². The van der Waals surface area contributed by atoms with E-state index >= 15 is 0 Å². The summed E-state index contributed by atoms with van der Waals surface area (Å²) in [6, 6.07) is 14.8. The van der Waals surface area contributed by atoms with Gasteiger partial charge in [0.05, 0.1) is 23.3 Å². The summed E-state index contributed by atoms with van der Waals surface area (Å²) in [5, 5.41) is 18.2. The van der Waals surface area contributed by atoms with Crippen molar-refractivity contribution in [2.45, 2.75) is 0 Å². The van der Waals surface area contributed by atoms with Crippen LogP contribution in [-0.2, 0) is 0 Å². The average Bonchev–Trinajstić information content (AvgIpc) is 2.99. The van der Waals surface area contributed by atoms with Crippen molar-refractivity contribution >= 4 is 27.6 Å². The molecule has 0 N–H and O–H groups in total. The van der Waals surface area contributed by atoms with Gasteiger partial charge in [0.1, 0.15) is 0 Å². The molecule has 0 amide bonds. The van der Waals surface area contributed by atoms with Crippen LogP contribution in [0.3, 0.4) is 0 Å². The molecule has 0 saturated heterocycles. The summed E-state index contributed by atoms with van der Waals surface area (Å²) in [5.41, 5.74) is 2.64. The third-order valence-corrected chi connectivity index (χ3v) is 3.92. The third-order valence-electron chi connectivity index (χ3n) is 3.24. The molecule has 3 rings (SSSR count). The van der Waals surface area contributed by atoms with Gasteiger partial charge in [-0.25, -0.2) is 0 Å². The van der Waals surface area contributed by atoms with Crippen molar-refractivity contribution in [3.63, 3.8) is 0 Å². The van der Waals surface area contributed by atoms with Gasteiger partial charge in [-0.05, 0) is 41.5 Å². The molecule has 4 nitrogen and oxygen atoms in total. The predicted molar refractivity (Wildman–Crippen MR) is 84.9 cm³/mol. The van der Waals surface area contributed by atoms with Crippen LogP contribution in [0.4, 0.5) is 0 Å². The van der Waals surface area contributed by atoms with E-state index in [4.69, 9.17) is 14.7 Å². The zero-order valence-electron chi connectivity index (χ0n) is 11.3. The highest BCUT2D eigenvalue weighted by atomic mass is 79.9. The van der Waals surface area contributed by atoms with E-state index in [9.17, 15) is 5.26 Å². The first-order valence-electron chi connectivity index (χ1n) is 6.43. The summed E-state index contributed by atoms with van der Waals surface area (Å²) in [4.78, 5) is 0. The van der Waals surface area contributed by atoms with Crippen LogP contribution in [0, 0.1) is 22.7 Å². The van der Waals surface area contributed by atoms with Gasteiger partial charge < -0.3 is 9.47 Å². The first-order chi connectivity index (χ1) is 10.7. The average molecular weight is 353 g/mol. The maximum Gasteiger partial charge on any atom is 0.231 e. The van der Waals surface area contributed by atoms with Crippen LogP contribution in [0.2, 0.25) is 0 Å². The Morgan fingerprint density at radius 1 is 1.09 bits per heavy atom. The van der Waals surface area contributed by atoms with E-state index in [1.54, 1.807) is 30.3 Å². The molecule has 1 heterocycles. The van der Waals surface area contributed by atoms with Crippen LogP contribution in [-0.4, -0.2) is 6.79 Å². The Balaban J connectivity index is 2.02. The Hall–Kier alpha value is -2.76. The maximum atomic E-state index is 9.40. The van der Waals surface area contributed by atoms with E-state index in [2.05, 4.69) is 28.1 Å². The Morgan fingerprint density at radius 3 is 2.41 bits per heavy atom. The van der Waals surface area contributed by atoms with Crippen LogP contribution >= 0.6 is 15.9 Å². The summed E-state index contributed by atoms with van der Waals surface area (Å²) in [5.74, 6) is 1.34. The first kappa shape index (κ1) is 14.2. The van der Waals surface area contributed by atoms with Crippen molar-refractivity contribution < 1.29 is 9.47 Å². The van der Waals surface area contributed by atoms with Crippen LogP contribution < -0.4 is 9.47 Å². The van der Waals surface area contributed by atoms with Gasteiger partial charge in [0, 0.05) is 4.47 Å². The van der Waals surface area contributed by atoms with Crippen molar-refractivity contribution in [1.29, 1.82) is 10.5 Å². The van der Waals surface area contributed by atoms with E-state index in [0.29, 0.717) is 22.6 Å². The lowest BCUT2D eigenvalue weighted by molar-refractivity contribution is 0.174. The number of benzene rings is 2. The highest BCUT2D eigenvalue weighted by Gasteiger charge is 2.16. The lowest BCUT2D eigenvalue weighted by Crippen LogP contribution is -1.92. The van der Waals surface area contributed by atoms with Crippen molar-refractivity contribution in [2.24, 2.45) is 0 Å². The molecule has 2 aromatic rings. The summed E-state index contributed by atoms with van der Waals surface area (Å²) in [6.07, 6.45) is 1.77. The molecule has 0 aromatic heterocycles. The van der Waals surface area contributed by atoms with Gasteiger partial charge in [0.25, 0.3) is 0 Å². The molecular weight excluding hydrogens is 344 g/mol. The minimum Gasteiger partial charge on any atom is -0.454 e. The molecule has 1 aliphatic rings. The standard InChI is InChI=1S/C17H9BrN2O2/c18-15-7-17-16(21-10-22-17)6-13(15)5-14(9-20)12-3-1-11(8-19)2-4-12/h1-7H,10H2/b14-5+. The fourth-order valence-corrected chi connectivity index (χ4v) is 2.54. The highest BCUT2D eigenvalue weighted by molar-refractivity contribution is 9.10. The minimum atomic E-state index is 0.204. The summed E-state index contributed by atoms with van der Waals surface area (Å²) < 4.78 is 11.5. The van der Waals surface area contributed by atoms with E-state index in [0.717, 1.165) is 15.6 Å². The molecule has 0 saturated carbocycles. The quantitative estimate of drug-likeness (QED) is 0.602. The smallest absolute Gasteiger partial charge is 0.231 e. The number of ether oxygens (including phenoxy) is 2. The number of fused-ring (bicyclic) bond motifs is 1. The first-order valence-corrected chi connectivity index (χ1v) is 7.22. The maximum absolute atomic E-state index is 9.40. The Bertz CT molecular complexity index is 843. The molecule has 22 heavy (non-hydrogen) atoms. The number of nitriles is 2. The SMILES string of the molecule is N#C/C(=C\c1cc2c(cc1Br)OCO2)c1ccc(C#N)cc1. The van der Waals surface area contributed by atoms with Crippen LogP contribution in [0.15, 0.2) is 40.9 Å². The van der Waals surface area contributed by atoms with E-state index in [-0.39, 0.29) is 6.79 Å². The summed E-state index contributed by atoms with van der Waals surface area (Å²) in [7, 11) is 0. The fourth-order valence-electron chi connectivity index (χ4n) is 2.10. The normalized spacial score (nSPS) is 12.6. The van der Waals surface area contributed by atoms with Crippen LogP contribution in [0.5, 0.6) is 11.5 Å². The highest BCUT2D eigenvalue weighted by Crippen LogP contribution is 2.38. The van der Waals surface area contributed by atoms with Crippen LogP contribution in [0.25, 0.3) is 11.6 Å². The Morgan fingerprint density at radius 2 is 1.77 bits per heavy atom. The molecular formula is C17H9BrN2O2. The molecule has 0 atom stereocenters. The number of hydrogen-bond donors (Lipinski definition) is 0. The fraction of sp³-hybridized carbons (Fsp3) is 0.0588. The second-order valence-electron chi connectivity index (χ2n) is 4.59. The second-order valence-corrected chi connectivity index (χ2v) is 5.44. The predicted octanol–water partition coefficient (Wildman–Crippen LogP) is 4.11. The van der Waals surface area contributed by atoms with Gasteiger partial charge in [-0.1, -0.05) is 28.1 Å². The molecule has 0 radical (unpaired) electrons. The van der Waals surface area contributed by atoms with Gasteiger partial charge in [0.2, 0.25) is 6.79 Å². The van der Waals surface area contributed by atoms with E-state index in [1.165, 1.54) is 0 Å².